The molecular weight excluding hydrogens is 348 g/mol. The highest BCUT2D eigenvalue weighted by atomic mass is 32.2. The normalized spacial score (nSPS) is 15.4. The smallest absolute Gasteiger partial charge is 0.263 e. The molecule has 24 heavy (non-hydrogen) atoms. The Morgan fingerprint density at radius 2 is 2.08 bits per heavy atom. The number of carbonyl (C=O) groups is 2. The minimum atomic E-state index is -0.208. The Kier molecular flexibility index (Phi) is 6.22. The van der Waals surface area contributed by atoms with Crippen LogP contribution in [0.5, 0.6) is 11.5 Å². The molecule has 0 bridgehead atoms. The summed E-state index contributed by atoms with van der Waals surface area (Å²) in [6, 6.07) is 5.28. The van der Waals surface area contributed by atoms with Crippen LogP contribution in [0.1, 0.15) is 12.5 Å². The maximum atomic E-state index is 11.7. The Morgan fingerprint density at radius 1 is 1.33 bits per heavy atom. The number of hydrogen-bond donors (Lipinski definition) is 1. The minimum absolute atomic E-state index is 0.0694. The lowest BCUT2D eigenvalue weighted by atomic mass is 10.2. The van der Waals surface area contributed by atoms with Gasteiger partial charge in [-0.25, -0.2) is 0 Å². The second-order valence-electron chi connectivity index (χ2n) is 5.07. The Morgan fingerprint density at radius 3 is 2.67 bits per heavy atom. The number of nitrogens with one attached hydrogen (secondary N) is 1. The molecule has 0 spiro atoms. The average molecular weight is 366 g/mol. The molecule has 128 valence electrons. The first-order valence-electron chi connectivity index (χ1n) is 7.25. The first-order chi connectivity index (χ1) is 11.4. The zero-order chi connectivity index (χ0) is 17.7. The van der Waals surface area contributed by atoms with E-state index in [9.17, 15) is 9.59 Å². The number of hydrogen-bond acceptors (Lipinski definition) is 6. The molecule has 0 unspecified atom stereocenters. The average Bonchev–Trinajstić information content (AvgIpc) is 2.84. The van der Waals surface area contributed by atoms with Crippen molar-refractivity contribution in [3.8, 4) is 11.5 Å². The highest BCUT2D eigenvalue weighted by Gasteiger charge is 2.22. The number of amides is 2. The third-order valence-electron chi connectivity index (χ3n) is 3.06. The standard InChI is InChI=1S/C16H18N2O4S2/c1-4-21-12-7-10(8-13-15(20)17-16(23)24-13)5-6-11(12)22-9-14(19)18(2)3/h5-8H,4,9H2,1-3H3,(H,17,20,23). The third kappa shape index (κ3) is 4.72. The number of carbonyl (C=O) groups excluding carboxylic acids is 2. The molecule has 0 saturated carbocycles. The molecule has 1 N–H and O–H groups in total. The highest BCUT2D eigenvalue weighted by Crippen LogP contribution is 2.31. The number of rotatable bonds is 6. The fourth-order valence-corrected chi connectivity index (χ4v) is 2.89. The maximum Gasteiger partial charge on any atom is 0.263 e. The lowest BCUT2D eigenvalue weighted by Gasteiger charge is -2.14. The second-order valence-corrected chi connectivity index (χ2v) is 6.79. The number of nitrogens with zero attached hydrogens (tertiary/aromatic N) is 1. The second kappa shape index (κ2) is 8.16. The van der Waals surface area contributed by atoms with Crippen LogP contribution in [0.15, 0.2) is 23.1 Å². The van der Waals surface area contributed by atoms with Crippen molar-refractivity contribution in [3.05, 3.63) is 28.7 Å². The molecule has 1 aromatic rings. The van der Waals surface area contributed by atoms with Crippen molar-refractivity contribution < 1.29 is 19.1 Å². The molecule has 2 rings (SSSR count). The van der Waals surface area contributed by atoms with E-state index in [1.807, 2.05) is 6.92 Å². The van der Waals surface area contributed by atoms with Crippen LogP contribution in [-0.4, -0.2) is 48.3 Å². The zero-order valence-electron chi connectivity index (χ0n) is 13.6. The van der Waals surface area contributed by atoms with Crippen molar-refractivity contribution in [1.29, 1.82) is 0 Å². The van der Waals surface area contributed by atoms with Crippen LogP contribution in [0.2, 0.25) is 0 Å². The van der Waals surface area contributed by atoms with Gasteiger partial charge < -0.3 is 19.7 Å². The molecular formula is C16H18N2O4S2. The zero-order valence-corrected chi connectivity index (χ0v) is 15.3. The van der Waals surface area contributed by atoms with Crippen LogP contribution in [0.25, 0.3) is 6.08 Å². The van der Waals surface area contributed by atoms with Crippen LogP contribution in [0, 0.1) is 0 Å². The van der Waals surface area contributed by atoms with Gasteiger partial charge in [0.2, 0.25) is 0 Å². The van der Waals surface area contributed by atoms with Crippen molar-refractivity contribution in [1.82, 2.24) is 10.2 Å². The molecule has 1 saturated heterocycles. The summed E-state index contributed by atoms with van der Waals surface area (Å²) in [5, 5.41) is 2.57. The molecule has 0 aromatic heterocycles. The van der Waals surface area contributed by atoms with Crippen molar-refractivity contribution in [2.24, 2.45) is 0 Å². The Balaban J connectivity index is 2.20. The summed E-state index contributed by atoms with van der Waals surface area (Å²) in [5.74, 6) is 0.647. The van der Waals surface area contributed by atoms with E-state index in [0.29, 0.717) is 27.3 Å². The summed E-state index contributed by atoms with van der Waals surface area (Å²) >= 11 is 6.19. The first kappa shape index (κ1) is 18.3. The molecule has 8 heteroatoms. The molecule has 1 aromatic carbocycles. The van der Waals surface area contributed by atoms with Crippen molar-refractivity contribution in [2.45, 2.75) is 6.92 Å². The molecule has 0 radical (unpaired) electrons. The molecule has 1 fully saturated rings. The number of thiocarbonyl (C=S) groups is 1. The highest BCUT2D eigenvalue weighted by molar-refractivity contribution is 8.26. The molecule has 0 aliphatic carbocycles. The quantitative estimate of drug-likeness (QED) is 0.614. The van der Waals surface area contributed by atoms with E-state index in [1.54, 1.807) is 38.4 Å². The predicted octanol–water partition coefficient (Wildman–Crippen LogP) is 2.04. The summed E-state index contributed by atoms with van der Waals surface area (Å²) in [6.45, 7) is 2.25. The van der Waals surface area contributed by atoms with E-state index >= 15 is 0 Å². The predicted molar refractivity (Wildman–Crippen MR) is 98.1 cm³/mol. The van der Waals surface area contributed by atoms with E-state index in [1.165, 1.54) is 16.7 Å². The summed E-state index contributed by atoms with van der Waals surface area (Å²) in [4.78, 5) is 25.3. The third-order valence-corrected chi connectivity index (χ3v) is 4.22. The van der Waals surface area contributed by atoms with Gasteiger partial charge in [0.1, 0.15) is 4.32 Å². The van der Waals surface area contributed by atoms with Gasteiger partial charge in [-0.1, -0.05) is 30.0 Å². The van der Waals surface area contributed by atoms with Gasteiger partial charge in [0.05, 0.1) is 11.5 Å². The number of likely N-dealkylation sites (N-methyl/N-ethyl adjacent to an activating group) is 1. The summed E-state index contributed by atoms with van der Waals surface area (Å²) in [7, 11) is 3.33. The fraction of sp³-hybridized carbons (Fsp3) is 0.312. The summed E-state index contributed by atoms with van der Waals surface area (Å²) in [6.07, 6.45) is 1.73. The van der Waals surface area contributed by atoms with Crippen molar-refractivity contribution in [2.75, 3.05) is 27.3 Å². The number of ether oxygens (including phenoxy) is 2. The maximum absolute atomic E-state index is 11.7. The molecule has 1 aliphatic rings. The Bertz CT molecular complexity index is 701. The van der Waals surface area contributed by atoms with Crippen LogP contribution in [0.3, 0.4) is 0 Å². The van der Waals surface area contributed by atoms with Crippen LogP contribution in [-0.2, 0) is 9.59 Å². The fourth-order valence-electron chi connectivity index (χ4n) is 1.84. The van der Waals surface area contributed by atoms with Crippen LogP contribution < -0.4 is 14.8 Å². The van der Waals surface area contributed by atoms with Crippen LogP contribution in [0.4, 0.5) is 0 Å². The molecule has 2 amide bonds. The topological polar surface area (TPSA) is 67.9 Å². The molecule has 1 heterocycles. The summed E-state index contributed by atoms with van der Waals surface area (Å²) < 4.78 is 11.5. The van der Waals surface area contributed by atoms with E-state index in [-0.39, 0.29) is 18.4 Å². The van der Waals surface area contributed by atoms with Gasteiger partial charge >= 0.3 is 0 Å². The van der Waals surface area contributed by atoms with Crippen molar-refractivity contribution in [3.63, 3.8) is 0 Å². The van der Waals surface area contributed by atoms with E-state index in [2.05, 4.69) is 5.32 Å². The molecule has 0 atom stereocenters. The van der Waals surface area contributed by atoms with Crippen LogP contribution >= 0.6 is 24.0 Å². The first-order valence-corrected chi connectivity index (χ1v) is 8.48. The van der Waals surface area contributed by atoms with Gasteiger partial charge in [0.15, 0.2) is 18.1 Å². The molecule has 6 nitrogen and oxygen atoms in total. The van der Waals surface area contributed by atoms with Crippen molar-refractivity contribution >= 4 is 46.2 Å². The Hall–Kier alpha value is -2.06. The molecule has 1 aliphatic heterocycles. The van der Waals surface area contributed by atoms with Gasteiger partial charge in [0, 0.05) is 14.1 Å². The number of thioether (sulfide) groups is 1. The lowest BCUT2D eigenvalue weighted by Crippen LogP contribution is -2.27. The minimum Gasteiger partial charge on any atom is -0.490 e. The van der Waals surface area contributed by atoms with Gasteiger partial charge in [-0.15, -0.1) is 0 Å². The SMILES string of the molecule is CCOc1cc(C=C2SC(=S)NC2=O)ccc1OCC(=O)N(C)C. The van der Waals surface area contributed by atoms with Gasteiger partial charge in [-0.3, -0.25) is 9.59 Å². The van der Waals surface area contributed by atoms with E-state index < -0.39 is 0 Å². The Labute approximate surface area is 150 Å². The van der Waals surface area contributed by atoms with E-state index in [4.69, 9.17) is 21.7 Å². The monoisotopic (exact) mass is 366 g/mol. The lowest BCUT2D eigenvalue weighted by molar-refractivity contribution is -0.130. The summed E-state index contributed by atoms with van der Waals surface area (Å²) in [5.41, 5.74) is 0.784. The van der Waals surface area contributed by atoms with E-state index in [0.717, 1.165) is 5.56 Å². The van der Waals surface area contributed by atoms with Gasteiger partial charge in [-0.05, 0) is 30.7 Å². The largest absolute Gasteiger partial charge is 0.490 e. The van der Waals surface area contributed by atoms with Gasteiger partial charge in [-0.2, -0.15) is 0 Å². The van der Waals surface area contributed by atoms with Gasteiger partial charge in [0.25, 0.3) is 11.8 Å². The number of benzene rings is 1.